The number of fused-ring (bicyclic) bond motifs is 1. The molecule has 7 nitrogen and oxygen atoms in total. The van der Waals surface area contributed by atoms with Gasteiger partial charge in [0.05, 0.1) is 0 Å². The maximum absolute atomic E-state index is 12.2. The second-order valence-electron chi connectivity index (χ2n) is 4.77. The fourth-order valence-corrected chi connectivity index (χ4v) is 2.05. The largest absolute Gasteiger partial charge is 0.492 e. The summed E-state index contributed by atoms with van der Waals surface area (Å²) in [4.78, 5) is 16.3. The number of carbonyl (C=O) groups excluding carboxylic acids is 1. The monoisotopic (exact) mass is 289 g/mol. The maximum atomic E-state index is 12.2. The van der Waals surface area contributed by atoms with Crippen LogP contribution in [-0.2, 0) is 0 Å². The first-order valence-corrected chi connectivity index (χ1v) is 6.52. The van der Waals surface area contributed by atoms with Gasteiger partial charge in [-0.05, 0) is 24.6 Å². The Balaban J connectivity index is 2.39. The number of aromatic amines is 1. The lowest BCUT2D eigenvalue weighted by molar-refractivity contribution is 0.0864. The van der Waals surface area contributed by atoms with Crippen molar-refractivity contribution in [1.29, 1.82) is 5.41 Å². The van der Waals surface area contributed by atoms with E-state index in [0.29, 0.717) is 24.6 Å². The van der Waals surface area contributed by atoms with Gasteiger partial charge in [0.15, 0.2) is 5.96 Å². The Bertz CT molecular complexity index is 692. The molecule has 0 unspecified atom stereocenters. The number of aromatic nitrogens is 1. The summed E-state index contributed by atoms with van der Waals surface area (Å²) in [6.45, 7) is 2.81. The highest BCUT2D eigenvalue weighted by Crippen LogP contribution is 2.26. The lowest BCUT2D eigenvalue weighted by atomic mass is 10.1. The van der Waals surface area contributed by atoms with Crippen LogP contribution in [0.4, 0.5) is 0 Å². The minimum absolute atomic E-state index is 0.303. The highest BCUT2D eigenvalue weighted by Gasteiger charge is 2.17. The first kappa shape index (κ1) is 14.9. The molecule has 0 aliphatic rings. The van der Waals surface area contributed by atoms with Gasteiger partial charge in [-0.25, -0.2) is 0 Å². The standard InChI is InChI=1S/C14H19N5O2/c1-8-5-9(21-4-3-15)6-11-10(8)7-12(18-11)13(20)19(2)14(16)17/h5-7,18H,3-4,15H2,1-2H3,(H3,16,17). The van der Waals surface area contributed by atoms with Crippen LogP contribution >= 0.6 is 0 Å². The number of ether oxygens (including phenoxy) is 1. The first-order chi connectivity index (χ1) is 9.93. The molecule has 6 N–H and O–H groups in total. The van der Waals surface area contributed by atoms with E-state index < -0.39 is 0 Å². The van der Waals surface area contributed by atoms with E-state index >= 15 is 0 Å². The first-order valence-electron chi connectivity index (χ1n) is 6.52. The third-order valence-electron chi connectivity index (χ3n) is 3.20. The van der Waals surface area contributed by atoms with Crippen LogP contribution in [0.1, 0.15) is 16.1 Å². The Morgan fingerprint density at radius 1 is 1.43 bits per heavy atom. The molecule has 2 aromatic rings. The Morgan fingerprint density at radius 2 is 2.14 bits per heavy atom. The van der Waals surface area contributed by atoms with Gasteiger partial charge in [0, 0.05) is 30.6 Å². The van der Waals surface area contributed by atoms with E-state index in [1.807, 2.05) is 19.1 Å². The average molecular weight is 289 g/mol. The Labute approximate surface area is 122 Å². The number of nitrogens with one attached hydrogen (secondary N) is 2. The predicted octanol–water partition coefficient (Wildman–Crippen LogP) is 0.779. The minimum atomic E-state index is -0.359. The van der Waals surface area contributed by atoms with Crippen LogP contribution in [0.2, 0.25) is 0 Å². The molecular formula is C14H19N5O2. The average Bonchev–Trinajstić information content (AvgIpc) is 2.87. The summed E-state index contributed by atoms with van der Waals surface area (Å²) in [5, 5.41) is 8.23. The number of aryl methyl sites for hydroxylation is 1. The van der Waals surface area contributed by atoms with Gasteiger partial charge < -0.3 is 21.2 Å². The fourth-order valence-electron chi connectivity index (χ4n) is 2.05. The zero-order valence-corrected chi connectivity index (χ0v) is 12.1. The summed E-state index contributed by atoms with van der Waals surface area (Å²) >= 11 is 0. The molecule has 0 spiro atoms. The molecule has 0 fully saturated rings. The van der Waals surface area contributed by atoms with Gasteiger partial charge in [0.25, 0.3) is 5.91 Å². The number of guanidine groups is 1. The van der Waals surface area contributed by atoms with Crippen LogP contribution < -0.4 is 16.2 Å². The van der Waals surface area contributed by atoms with Crippen LogP contribution in [0.3, 0.4) is 0 Å². The molecule has 2 rings (SSSR count). The molecule has 0 saturated heterocycles. The molecule has 0 atom stereocenters. The van der Waals surface area contributed by atoms with E-state index in [1.54, 1.807) is 6.07 Å². The van der Waals surface area contributed by atoms with Crippen LogP contribution in [0, 0.1) is 12.3 Å². The van der Waals surface area contributed by atoms with Crippen molar-refractivity contribution in [1.82, 2.24) is 9.88 Å². The normalized spacial score (nSPS) is 10.6. The lowest BCUT2D eigenvalue weighted by Crippen LogP contribution is -2.38. The van der Waals surface area contributed by atoms with Crippen LogP contribution in [0.5, 0.6) is 5.75 Å². The second kappa shape index (κ2) is 5.84. The van der Waals surface area contributed by atoms with Gasteiger partial charge in [-0.2, -0.15) is 0 Å². The SMILES string of the molecule is Cc1cc(OCCN)cc2[nH]c(C(=O)N(C)C(=N)N)cc12. The van der Waals surface area contributed by atoms with Crippen molar-refractivity contribution in [3.8, 4) is 5.75 Å². The second-order valence-corrected chi connectivity index (χ2v) is 4.77. The maximum Gasteiger partial charge on any atom is 0.276 e. The van der Waals surface area contributed by atoms with Crippen LogP contribution in [0.15, 0.2) is 18.2 Å². The summed E-state index contributed by atoms with van der Waals surface area (Å²) < 4.78 is 5.51. The molecule has 1 aromatic heterocycles. The van der Waals surface area contributed by atoms with Gasteiger partial charge in [-0.3, -0.25) is 15.1 Å². The van der Waals surface area contributed by atoms with E-state index in [1.165, 1.54) is 7.05 Å². The van der Waals surface area contributed by atoms with Crippen LogP contribution in [-0.4, -0.2) is 41.9 Å². The molecule has 0 saturated carbocycles. The zero-order valence-electron chi connectivity index (χ0n) is 12.1. The van der Waals surface area contributed by atoms with E-state index in [2.05, 4.69) is 4.98 Å². The summed E-state index contributed by atoms with van der Waals surface area (Å²) in [6.07, 6.45) is 0. The number of hydrogen-bond acceptors (Lipinski definition) is 4. The Hall–Kier alpha value is -2.54. The number of carbonyl (C=O) groups is 1. The minimum Gasteiger partial charge on any atom is -0.492 e. The van der Waals surface area contributed by atoms with Crippen molar-refractivity contribution in [2.45, 2.75) is 6.92 Å². The summed E-state index contributed by atoms with van der Waals surface area (Å²) in [5.41, 5.74) is 12.9. The summed E-state index contributed by atoms with van der Waals surface area (Å²) in [7, 11) is 1.46. The summed E-state index contributed by atoms with van der Waals surface area (Å²) in [6, 6.07) is 5.47. The molecule has 0 aliphatic heterocycles. The van der Waals surface area contributed by atoms with Crippen molar-refractivity contribution in [3.63, 3.8) is 0 Å². The number of rotatable bonds is 4. The molecule has 1 aromatic carbocycles. The Morgan fingerprint density at radius 3 is 2.76 bits per heavy atom. The molecule has 0 bridgehead atoms. The topological polar surface area (TPSA) is 121 Å². The van der Waals surface area contributed by atoms with Gasteiger partial charge in [0.2, 0.25) is 0 Å². The van der Waals surface area contributed by atoms with E-state index in [9.17, 15) is 4.79 Å². The molecule has 1 amide bonds. The highest BCUT2D eigenvalue weighted by atomic mass is 16.5. The number of hydrogen-bond donors (Lipinski definition) is 4. The zero-order chi connectivity index (χ0) is 15.6. The lowest BCUT2D eigenvalue weighted by Gasteiger charge is -2.12. The highest BCUT2D eigenvalue weighted by molar-refractivity contribution is 6.06. The van der Waals surface area contributed by atoms with E-state index in [0.717, 1.165) is 21.4 Å². The van der Waals surface area contributed by atoms with Gasteiger partial charge in [-0.15, -0.1) is 0 Å². The number of H-pyrrole nitrogens is 1. The molecule has 0 aliphatic carbocycles. The molecule has 7 heteroatoms. The van der Waals surface area contributed by atoms with Gasteiger partial charge in [-0.1, -0.05) is 0 Å². The van der Waals surface area contributed by atoms with Gasteiger partial charge >= 0.3 is 0 Å². The van der Waals surface area contributed by atoms with E-state index in [4.69, 9.17) is 21.6 Å². The molecule has 1 heterocycles. The Kier molecular flexibility index (Phi) is 4.13. The van der Waals surface area contributed by atoms with Crippen molar-refractivity contribution in [2.75, 3.05) is 20.2 Å². The van der Waals surface area contributed by atoms with Crippen molar-refractivity contribution >= 4 is 22.8 Å². The molecule has 21 heavy (non-hydrogen) atoms. The van der Waals surface area contributed by atoms with Gasteiger partial charge in [0.1, 0.15) is 18.1 Å². The third-order valence-corrected chi connectivity index (χ3v) is 3.20. The van der Waals surface area contributed by atoms with Crippen molar-refractivity contribution < 1.29 is 9.53 Å². The fraction of sp³-hybridized carbons (Fsp3) is 0.286. The molecule has 0 radical (unpaired) electrons. The van der Waals surface area contributed by atoms with E-state index in [-0.39, 0.29) is 11.9 Å². The molecular weight excluding hydrogens is 270 g/mol. The summed E-state index contributed by atoms with van der Waals surface area (Å²) in [5.74, 6) is 0.0381. The van der Waals surface area contributed by atoms with Crippen molar-refractivity contribution in [3.05, 3.63) is 29.5 Å². The molecule has 112 valence electrons. The predicted molar refractivity (Wildman–Crippen MR) is 81.6 cm³/mol. The number of nitrogens with zero attached hydrogens (tertiary/aromatic N) is 1. The van der Waals surface area contributed by atoms with Crippen LogP contribution in [0.25, 0.3) is 10.9 Å². The smallest absolute Gasteiger partial charge is 0.276 e. The number of nitrogens with two attached hydrogens (primary N) is 2. The van der Waals surface area contributed by atoms with Crippen molar-refractivity contribution in [2.24, 2.45) is 11.5 Å². The number of amides is 1. The quantitative estimate of drug-likeness (QED) is 0.491. The third kappa shape index (κ3) is 2.97. The number of benzene rings is 1.